The normalized spacial score (nSPS) is 20.2. The first kappa shape index (κ1) is 47.8. The minimum absolute atomic E-state index is 0.0117. The summed E-state index contributed by atoms with van der Waals surface area (Å²) < 4.78 is 39.0. The molecule has 6 rings (SSSR count). The second kappa shape index (κ2) is 22.3. The molecule has 4 aliphatic rings. The van der Waals surface area contributed by atoms with Gasteiger partial charge in [0.1, 0.15) is 29.8 Å². The quantitative estimate of drug-likeness (QED) is 0.220. The van der Waals surface area contributed by atoms with Gasteiger partial charge in [0.15, 0.2) is 0 Å². The van der Waals surface area contributed by atoms with Gasteiger partial charge in [-0.1, -0.05) is 37.5 Å². The van der Waals surface area contributed by atoms with Crippen molar-refractivity contribution in [2.45, 2.75) is 110 Å². The second-order valence-electron chi connectivity index (χ2n) is 18.9. The molecule has 2 atom stereocenters. The van der Waals surface area contributed by atoms with Gasteiger partial charge in [0.05, 0.1) is 19.7 Å². The molecule has 3 heterocycles. The maximum Gasteiger partial charge on any atom is 0.411 e. The third kappa shape index (κ3) is 13.9. The van der Waals surface area contributed by atoms with Crippen LogP contribution in [0.5, 0.6) is 0 Å². The molecule has 1 N–H and O–H groups in total. The number of halogens is 2. The van der Waals surface area contributed by atoms with E-state index in [9.17, 15) is 32.8 Å². The zero-order valence-electron chi connectivity index (χ0n) is 37.8. The molecule has 4 fully saturated rings. The van der Waals surface area contributed by atoms with Crippen molar-refractivity contribution in [3.05, 3.63) is 70.8 Å². The number of carbonyl (C=O) groups excluding carboxylic acids is 5. The number of piperazine rings is 1. The first-order valence-electron chi connectivity index (χ1n) is 23.1. The van der Waals surface area contributed by atoms with Gasteiger partial charge in [-0.25, -0.2) is 13.6 Å². The highest BCUT2D eigenvalue weighted by atomic mass is 19.1. The Hall–Kier alpha value is -4.63. The van der Waals surface area contributed by atoms with Gasteiger partial charge >= 0.3 is 12.1 Å². The summed E-state index contributed by atoms with van der Waals surface area (Å²) in [4.78, 5) is 76.7. The fourth-order valence-electron chi connectivity index (χ4n) is 9.54. The van der Waals surface area contributed by atoms with Crippen LogP contribution in [0.4, 0.5) is 13.6 Å². The Kier molecular flexibility index (Phi) is 17.0. The molecule has 346 valence electrons. The molecule has 3 saturated heterocycles. The van der Waals surface area contributed by atoms with Gasteiger partial charge < -0.3 is 24.6 Å². The standard InChI is InChI=1S/C48H68F2N6O7/c1-5-62-43(58)33-52-21-18-34(19-22-52)29-53-23-25-54(26-24-53)46(60)44(35-11-7-6-8-12-35)51-45(59)37-14-9-13-36(27-37)38-15-10-20-55(30-38)42(57)32-56(47(61)63-48(2,3)4)31-39-16-17-40(49)28-41(39)50/h9,13-14,16-17,27-28,34-35,38,44H,5-8,10-12,15,18-26,29-33H2,1-4H3,(H,51,59)/t38?,44-/m1/s1. The number of esters is 1. The van der Waals surface area contributed by atoms with Crippen LogP contribution >= 0.6 is 0 Å². The number of piperidine rings is 2. The molecule has 1 unspecified atom stereocenters. The fraction of sp³-hybridized carbons (Fsp3) is 0.646. The van der Waals surface area contributed by atoms with Gasteiger partial charge in [-0.05, 0) is 115 Å². The van der Waals surface area contributed by atoms with Crippen LogP contribution in [0.25, 0.3) is 0 Å². The Bertz CT molecular complexity index is 1890. The lowest BCUT2D eigenvalue weighted by atomic mass is 9.83. The second-order valence-corrected chi connectivity index (χ2v) is 18.9. The number of amides is 4. The van der Waals surface area contributed by atoms with Crippen molar-refractivity contribution in [2.75, 3.05) is 78.6 Å². The average molecular weight is 879 g/mol. The van der Waals surface area contributed by atoms with E-state index in [0.717, 1.165) is 107 Å². The van der Waals surface area contributed by atoms with Gasteiger partial charge in [-0.2, -0.15) is 0 Å². The van der Waals surface area contributed by atoms with E-state index in [0.29, 0.717) is 57.2 Å². The first-order valence-corrected chi connectivity index (χ1v) is 23.1. The Morgan fingerprint density at radius 2 is 1.56 bits per heavy atom. The Labute approximate surface area is 371 Å². The Morgan fingerprint density at radius 1 is 0.825 bits per heavy atom. The summed E-state index contributed by atoms with van der Waals surface area (Å²) >= 11 is 0. The highest BCUT2D eigenvalue weighted by Crippen LogP contribution is 2.30. The van der Waals surface area contributed by atoms with Crippen molar-refractivity contribution in [3.63, 3.8) is 0 Å². The molecule has 2 aromatic carbocycles. The maximum atomic E-state index is 14.7. The van der Waals surface area contributed by atoms with E-state index in [4.69, 9.17) is 9.47 Å². The number of hydrogen-bond donors (Lipinski definition) is 1. The topological polar surface area (TPSA) is 132 Å². The molecule has 0 radical (unpaired) electrons. The number of hydrogen-bond acceptors (Lipinski definition) is 9. The summed E-state index contributed by atoms with van der Waals surface area (Å²) in [6.45, 7) is 13.4. The summed E-state index contributed by atoms with van der Waals surface area (Å²) in [7, 11) is 0. The summed E-state index contributed by atoms with van der Waals surface area (Å²) in [6.07, 6.45) is 7.74. The number of nitrogens with one attached hydrogen (secondary N) is 1. The van der Waals surface area contributed by atoms with Crippen LogP contribution in [0.2, 0.25) is 0 Å². The van der Waals surface area contributed by atoms with E-state index in [1.165, 1.54) is 6.07 Å². The summed E-state index contributed by atoms with van der Waals surface area (Å²) in [6, 6.07) is 9.92. The molecule has 1 aliphatic carbocycles. The van der Waals surface area contributed by atoms with Crippen LogP contribution in [0.15, 0.2) is 42.5 Å². The zero-order chi connectivity index (χ0) is 45.1. The van der Waals surface area contributed by atoms with Crippen LogP contribution in [0.1, 0.15) is 113 Å². The Balaban J connectivity index is 1.05. The molecular formula is C48H68F2N6O7. The van der Waals surface area contributed by atoms with Gasteiger partial charge in [0.25, 0.3) is 5.91 Å². The van der Waals surface area contributed by atoms with E-state index >= 15 is 0 Å². The smallest absolute Gasteiger partial charge is 0.411 e. The molecule has 2 aromatic rings. The zero-order valence-corrected chi connectivity index (χ0v) is 37.8. The highest BCUT2D eigenvalue weighted by molar-refractivity contribution is 5.98. The van der Waals surface area contributed by atoms with Crippen LogP contribution in [-0.4, -0.2) is 145 Å². The number of nitrogens with zero attached hydrogens (tertiary/aromatic N) is 5. The molecule has 15 heteroatoms. The summed E-state index contributed by atoms with van der Waals surface area (Å²) in [5, 5.41) is 3.19. The lowest BCUT2D eigenvalue weighted by Gasteiger charge is -2.40. The maximum absolute atomic E-state index is 14.7. The minimum Gasteiger partial charge on any atom is -0.465 e. The molecule has 0 bridgehead atoms. The predicted molar refractivity (Wildman–Crippen MR) is 235 cm³/mol. The highest BCUT2D eigenvalue weighted by Gasteiger charge is 2.36. The van der Waals surface area contributed by atoms with Gasteiger partial charge in [0, 0.05) is 68.9 Å². The van der Waals surface area contributed by atoms with Gasteiger partial charge in [-0.3, -0.25) is 33.9 Å². The van der Waals surface area contributed by atoms with Crippen molar-refractivity contribution in [2.24, 2.45) is 11.8 Å². The van der Waals surface area contributed by atoms with Crippen molar-refractivity contribution in [3.8, 4) is 0 Å². The van der Waals surface area contributed by atoms with Crippen LogP contribution in [0.3, 0.4) is 0 Å². The number of benzene rings is 2. The number of ether oxygens (including phenoxy) is 2. The van der Waals surface area contributed by atoms with Crippen LogP contribution in [0, 0.1) is 23.5 Å². The molecule has 63 heavy (non-hydrogen) atoms. The summed E-state index contributed by atoms with van der Waals surface area (Å²) in [5.41, 5.74) is 0.560. The fourth-order valence-corrected chi connectivity index (χ4v) is 9.54. The van der Waals surface area contributed by atoms with E-state index in [-0.39, 0.29) is 54.2 Å². The van der Waals surface area contributed by atoms with Gasteiger partial charge in [-0.15, -0.1) is 0 Å². The lowest BCUT2D eigenvalue weighted by Crippen LogP contribution is -2.57. The molecule has 1 saturated carbocycles. The SMILES string of the molecule is CCOC(=O)CN1CCC(CN2CCN(C(=O)[C@H](NC(=O)c3cccc(C4CCCN(C(=O)CN(Cc5ccc(F)cc5F)C(=O)OC(C)(C)C)C4)c3)C3CCCCC3)CC2)CC1. The first-order chi connectivity index (χ1) is 30.1. The van der Waals surface area contributed by atoms with Crippen molar-refractivity contribution < 1.29 is 42.2 Å². The number of likely N-dealkylation sites (tertiary alicyclic amines) is 2. The van der Waals surface area contributed by atoms with Crippen molar-refractivity contribution >= 4 is 29.8 Å². The number of rotatable bonds is 14. The molecule has 0 spiro atoms. The van der Waals surface area contributed by atoms with Crippen molar-refractivity contribution in [1.29, 1.82) is 0 Å². The molecule has 0 aromatic heterocycles. The third-order valence-electron chi connectivity index (χ3n) is 13.0. The van der Waals surface area contributed by atoms with Crippen LogP contribution < -0.4 is 5.32 Å². The molecular weight excluding hydrogens is 811 g/mol. The largest absolute Gasteiger partial charge is 0.465 e. The van der Waals surface area contributed by atoms with E-state index in [1.54, 1.807) is 31.7 Å². The van der Waals surface area contributed by atoms with Crippen LogP contribution in [-0.2, 0) is 30.4 Å². The minimum atomic E-state index is -0.860. The lowest BCUT2D eigenvalue weighted by molar-refractivity contribution is -0.145. The molecule has 13 nitrogen and oxygen atoms in total. The monoisotopic (exact) mass is 879 g/mol. The van der Waals surface area contributed by atoms with E-state index < -0.39 is 29.4 Å². The molecule has 4 amide bonds. The third-order valence-corrected chi connectivity index (χ3v) is 13.0. The van der Waals surface area contributed by atoms with Crippen molar-refractivity contribution in [1.82, 2.24) is 29.8 Å². The van der Waals surface area contributed by atoms with Gasteiger partial charge in [0.2, 0.25) is 11.8 Å². The predicted octanol–water partition coefficient (Wildman–Crippen LogP) is 6.21. The van der Waals surface area contributed by atoms with E-state index in [2.05, 4.69) is 15.1 Å². The number of carbonyl (C=O) groups is 5. The Morgan fingerprint density at radius 3 is 2.24 bits per heavy atom. The summed E-state index contributed by atoms with van der Waals surface area (Å²) in [5.74, 6) is -1.83. The average Bonchev–Trinajstić information content (AvgIpc) is 3.26. The molecule has 3 aliphatic heterocycles. The van der Waals surface area contributed by atoms with E-state index in [1.807, 2.05) is 30.0 Å².